The second-order valence-corrected chi connectivity index (χ2v) is 6.47. The van der Waals surface area contributed by atoms with Gasteiger partial charge in [-0.2, -0.15) is 0 Å². The fourth-order valence-electron chi connectivity index (χ4n) is 2.02. The molecule has 1 aliphatic carbocycles. The fourth-order valence-corrected chi connectivity index (χ4v) is 2.02. The van der Waals surface area contributed by atoms with Crippen LogP contribution in [0.5, 0.6) is 0 Å². The van der Waals surface area contributed by atoms with Crippen LogP contribution in [0.25, 0.3) is 0 Å². The quantitative estimate of drug-likeness (QED) is 0.771. The predicted octanol–water partition coefficient (Wildman–Crippen LogP) is 3.42. The fraction of sp³-hybridized carbons (Fsp3) is 0.733. The SMILES string of the molecule is CNc1cc(NCCCC2CC2)nc(C(C)(C)C)n1. The molecule has 1 aliphatic rings. The van der Waals surface area contributed by atoms with Gasteiger partial charge in [-0.05, 0) is 18.8 Å². The Labute approximate surface area is 116 Å². The van der Waals surface area contributed by atoms with Crippen molar-refractivity contribution in [3.05, 3.63) is 11.9 Å². The zero-order chi connectivity index (χ0) is 13.9. The summed E-state index contributed by atoms with van der Waals surface area (Å²) in [7, 11) is 1.89. The molecule has 1 aromatic heterocycles. The van der Waals surface area contributed by atoms with E-state index in [0.29, 0.717) is 0 Å². The van der Waals surface area contributed by atoms with Gasteiger partial charge in [-0.1, -0.05) is 33.6 Å². The van der Waals surface area contributed by atoms with Gasteiger partial charge in [-0.25, -0.2) is 9.97 Å². The topological polar surface area (TPSA) is 49.8 Å². The lowest BCUT2D eigenvalue weighted by Crippen LogP contribution is -2.18. The van der Waals surface area contributed by atoms with Crippen LogP contribution < -0.4 is 10.6 Å². The molecule has 0 atom stereocenters. The highest BCUT2D eigenvalue weighted by atomic mass is 15.1. The Morgan fingerprint density at radius 1 is 1.21 bits per heavy atom. The first-order chi connectivity index (χ1) is 8.99. The smallest absolute Gasteiger partial charge is 0.138 e. The first kappa shape index (κ1) is 14.1. The van der Waals surface area contributed by atoms with E-state index < -0.39 is 0 Å². The van der Waals surface area contributed by atoms with E-state index in [1.54, 1.807) is 0 Å². The van der Waals surface area contributed by atoms with Crippen LogP contribution in [0, 0.1) is 5.92 Å². The first-order valence-corrected chi connectivity index (χ1v) is 7.30. The number of nitrogens with zero attached hydrogens (tertiary/aromatic N) is 2. The van der Waals surface area contributed by atoms with E-state index in [2.05, 4.69) is 41.4 Å². The zero-order valence-electron chi connectivity index (χ0n) is 12.6. The zero-order valence-corrected chi connectivity index (χ0v) is 12.6. The third-order valence-corrected chi connectivity index (χ3v) is 3.45. The van der Waals surface area contributed by atoms with Gasteiger partial charge in [0, 0.05) is 25.1 Å². The Bertz CT molecular complexity index is 419. The minimum absolute atomic E-state index is 0.0305. The minimum Gasteiger partial charge on any atom is -0.373 e. The molecule has 106 valence electrons. The van der Waals surface area contributed by atoms with Crippen LogP contribution >= 0.6 is 0 Å². The number of hydrogen-bond acceptors (Lipinski definition) is 4. The third-order valence-electron chi connectivity index (χ3n) is 3.45. The molecule has 0 bridgehead atoms. The lowest BCUT2D eigenvalue weighted by molar-refractivity contribution is 0.546. The summed E-state index contributed by atoms with van der Waals surface area (Å²) in [5.41, 5.74) is -0.0305. The molecule has 1 fully saturated rings. The van der Waals surface area contributed by atoms with Crippen LogP contribution in [0.4, 0.5) is 11.6 Å². The van der Waals surface area contributed by atoms with Crippen LogP contribution in [-0.4, -0.2) is 23.6 Å². The van der Waals surface area contributed by atoms with Crippen molar-refractivity contribution < 1.29 is 0 Å². The monoisotopic (exact) mass is 262 g/mol. The average Bonchev–Trinajstić information content (AvgIpc) is 3.17. The largest absolute Gasteiger partial charge is 0.373 e. The van der Waals surface area contributed by atoms with Crippen molar-refractivity contribution in [2.24, 2.45) is 5.92 Å². The summed E-state index contributed by atoms with van der Waals surface area (Å²) in [6, 6.07) is 1.98. The number of rotatable bonds is 6. The number of hydrogen-bond donors (Lipinski definition) is 2. The van der Waals surface area contributed by atoms with Crippen LogP contribution in [0.3, 0.4) is 0 Å². The van der Waals surface area contributed by atoms with E-state index in [0.717, 1.165) is 29.9 Å². The van der Waals surface area contributed by atoms with E-state index in [9.17, 15) is 0 Å². The second kappa shape index (κ2) is 5.76. The molecule has 2 N–H and O–H groups in total. The maximum atomic E-state index is 4.62. The number of aromatic nitrogens is 2. The Kier molecular flexibility index (Phi) is 4.27. The second-order valence-electron chi connectivity index (χ2n) is 6.47. The Morgan fingerprint density at radius 2 is 1.89 bits per heavy atom. The van der Waals surface area contributed by atoms with Crippen LogP contribution in [0.15, 0.2) is 6.07 Å². The van der Waals surface area contributed by atoms with E-state index >= 15 is 0 Å². The van der Waals surface area contributed by atoms with Gasteiger partial charge in [0.05, 0.1) is 0 Å². The number of nitrogens with one attached hydrogen (secondary N) is 2. The standard InChI is InChI=1S/C15H26N4/c1-15(2,3)14-18-12(16-4)10-13(19-14)17-9-5-6-11-7-8-11/h10-11H,5-9H2,1-4H3,(H2,16,17,18,19). The Hall–Kier alpha value is -1.32. The van der Waals surface area contributed by atoms with Crippen molar-refractivity contribution in [2.75, 3.05) is 24.2 Å². The highest BCUT2D eigenvalue weighted by Crippen LogP contribution is 2.33. The van der Waals surface area contributed by atoms with E-state index in [1.807, 2.05) is 13.1 Å². The molecule has 4 heteroatoms. The average molecular weight is 262 g/mol. The molecule has 0 amide bonds. The van der Waals surface area contributed by atoms with Crippen molar-refractivity contribution >= 4 is 11.6 Å². The van der Waals surface area contributed by atoms with Crippen LogP contribution in [0.1, 0.15) is 52.3 Å². The maximum Gasteiger partial charge on any atom is 0.138 e. The molecule has 1 aromatic rings. The predicted molar refractivity (Wildman–Crippen MR) is 80.7 cm³/mol. The highest BCUT2D eigenvalue weighted by Gasteiger charge is 2.20. The van der Waals surface area contributed by atoms with Crippen LogP contribution in [-0.2, 0) is 5.41 Å². The van der Waals surface area contributed by atoms with Crippen LogP contribution in [0.2, 0.25) is 0 Å². The summed E-state index contributed by atoms with van der Waals surface area (Å²) < 4.78 is 0. The number of anilines is 2. The molecule has 4 nitrogen and oxygen atoms in total. The van der Waals surface area contributed by atoms with Gasteiger partial charge in [0.15, 0.2) is 0 Å². The molecule has 0 saturated heterocycles. The summed E-state index contributed by atoms with van der Waals surface area (Å²) >= 11 is 0. The molecule has 0 aliphatic heterocycles. The first-order valence-electron chi connectivity index (χ1n) is 7.30. The van der Waals surface area contributed by atoms with Gasteiger partial charge < -0.3 is 10.6 Å². The molecule has 19 heavy (non-hydrogen) atoms. The summed E-state index contributed by atoms with van der Waals surface area (Å²) in [6.07, 6.45) is 5.45. The summed E-state index contributed by atoms with van der Waals surface area (Å²) in [5, 5.41) is 6.53. The minimum atomic E-state index is -0.0305. The van der Waals surface area contributed by atoms with Crippen molar-refractivity contribution in [3.63, 3.8) is 0 Å². The normalized spacial score (nSPS) is 15.4. The van der Waals surface area contributed by atoms with E-state index in [4.69, 9.17) is 0 Å². The maximum absolute atomic E-state index is 4.62. The molecular formula is C15H26N4. The van der Waals surface area contributed by atoms with Gasteiger partial charge in [-0.15, -0.1) is 0 Å². The van der Waals surface area contributed by atoms with E-state index in [1.165, 1.54) is 25.7 Å². The van der Waals surface area contributed by atoms with Gasteiger partial charge in [0.2, 0.25) is 0 Å². The van der Waals surface area contributed by atoms with Crippen molar-refractivity contribution in [1.29, 1.82) is 0 Å². The van der Waals surface area contributed by atoms with Crippen molar-refractivity contribution in [2.45, 2.75) is 51.9 Å². The summed E-state index contributed by atoms with van der Waals surface area (Å²) in [5.74, 6) is 3.69. The Morgan fingerprint density at radius 3 is 2.47 bits per heavy atom. The molecule has 1 heterocycles. The summed E-state index contributed by atoms with van der Waals surface area (Å²) in [6.45, 7) is 7.41. The molecule has 1 saturated carbocycles. The molecule has 0 aromatic carbocycles. The molecule has 0 radical (unpaired) electrons. The summed E-state index contributed by atoms with van der Waals surface area (Å²) in [4.78, 5) is 9.15. The van der Waals surface area contributed by atoms with Crippen molar-refractivity contribution in [3.8, 4) is 0 Å². The van der Waals surface area contributed by atoms with E-state index in [-0.39, 0.29) is 5.41 Å². The van der Waals surface area contributed by atoms with Gasteiger partial charge >= 0.3 is 0 Å². The highest BCUT2D eigenvalue weighted by molar-refractivity contribution is 5.47. The van der Waals surface area contributed by atoms with Gasteiger partial charge in [-0.3, -0.25) is 0 Å². The molecule has 0 spiro atoms. The lowest BCUT2D eigenvalue weighted by Gasteiger charge is -2.18. The lowest BCUT2D eigenvalue weighted by atomic mass is 9.96. The molecular weight excluding hydrogens is 236 g/mol. The molecule has 0 unspecified atom stereocenters. The van der Waals surface area contributed by atoms with Crippen molar-refractivity contribution in [1.82, 2.24) is 9.97 Å². The van der Waals surface area contributed by atoms with Gasteiger partial charge in [0.1, 0.15) is 17.5 Å². The van der Waals surface area contributed by atoms with Gasteiger partial charge in [0.25, 0.3) is 0 Å². The Balaban J connectivity index is 1.97. The molecule has 2 rings (SSSR count). The third kappa shape index (κ3) is 4.37.